The maximum Gasteiger partial charge on any atom is 0.573 e. The molecule has 0 radical (unpaired) electrons. The summed E-state index contributed by atoms with van der Waals surface area (Å²) in [7, 11) is 0. The molecule has 36 heavy (non-hydrogen) atoms. The third-order valence-corrected chi connectivity index (χ3v) is 5.99. The number of carboxylic acid groups (broad SMARTS) is 1. The van der Waals surface area contributed by atoms with Crippen molar-refractivity contribution < 1.29 is 37.3 Å². The molecular formula is C27H28F3NO5. The Morgan fingerprint density at radius 3 is 2.28 bits per heavy atom. The highest BCUT2D eigenvalue weighted by atomic mass is 19.4. The normalized spacial score (nSPS) is 13.1. The molecule has 0 saturated heterocycles. The highest BCUT2D eigenvalue weighted by Crippen LogP contribution is 2.32. The van der Waals surface area contributed by atoms with Crippen LogP contribution in [0, 0.1) is 0 Å². The summed E-state index contributed by atoms with van der Waals surface area (Å²) in [6.07, 6.45) is -2.87. The van der Waals surface area contributed by atoms with Crippen LogP contribution in [0.15, 0.2) is 60.7 Å². The summed E-state index contributed by atoms with van der Waals surface area (Å²) in [6.45, 7) is 3.63. The molecule has 0 aromatic heterocycles. The van der Waals surface area contributed by atoms with E-state index in [4.69, 9.17) is 4.74 Å². The number of alkyl halides is 3. The van der Waals surface area contributed by atoms with Gasteiger partial charge in [0.15, 0.2) is 0 Å². The van der Waals surface area contributed by atoms with Crippen molar-refractivity contribution in [3.05, 3.63) is 71.8 Å². The van der Waals surface area contributed by atoms with Gasteiger partial charge in [0.2, 0.25) is 0 Å². The second-order valence-electron chi connectivity index (χ2n) is 8.44. The molecule has 0 spiro atoms. The molecule has 1 atom stereocenters. The lowest BCUT2D eigenvalue weighted by atomic mass is 9.89. The maximum absolute atomic E-state index is 13.4. The Morgan fingerprint density at radius 2 is 1.67 bits per heavy atom. The first-order valence-electron chi connectivity index (χ1n) is 11.6. The smallest absolute Gasteiger partial charge is 0.487 e. The number of unbranched alkanes of at least 4 members (excludes halogenated alkanes) is 1. The Balaban J connectivity index is 1.91. The van der Waals surface area contributed by atoms with Gasteiger partial charge in [-0.2, -0.15) is 0 Å². The Morgan fingerprint density at radius 1 is 0.972 bits per heavy atom. The molecule has 0 aliphatic carbocycles. The number of fused-ring (bicyclic) bond motifs is 1. The lowest BCUT2D eigenvalue weighted by Gasteiger charge is -2.30. The average Bonchev–Trinajstić information content (AvgIpc) is 2.84. The van der Waals surface area contributed by atoms with E-state index in [1.54, 1.807) is 31.2 Å². The topological polar surface area (TPSA) is 84.9 Å². The minimum absolute atomic E-state index is 0.0335. The summed E-state index contributed by atoms with van der Waals surface area (Å²) in [5, 5.41) is 14.1. The van der Waals surface area contributed by atoms with Gasteiger partial charge in [-0.15, -0.1) is 13.2 Å². The van der Waals surface area contributed by atoms with Crippen molar-refractivity contribution in [2.75, 3.05) is 0 Å². The van der Waals surface area contributed by atoms with Gasteiger partial charge in [0, 0.05) is 5.39 Å². The number of aliphatic carboxylic acids is 1. The van der Waals surface area contributed by atoms with Crippen molar-refractivity contribution in [2.45, 2.75) is 58.0 Å². The predicted octanol–water partition coefficient (Wildman–Crippen LogP) is 6.47. The molecule has 0 saturated carbocycles. The molecule has 1 unspecified atom stereocenters. The zero-order valence-corrected chi connectivity index (χ0v) is 20.0. The van der Waals surface area contributed by atoms with Crippen LogP contribution < -0.4 is 14.8 Å². The monoisotopic (exact) mass is 503 g/mol. The van der Waals surface area contributed by atoms with Crippen molar-refractivity contribution in [3.63, 3.8) is 0 Å². The van der Waals surface area contributed by atoms with Crippen LogP contribution in [-0.2, 0) is 11.4 Å². The molecule has 2 N–H and O–H groups in total. The summed E-state index contributed by atoms with van der Waals surface area (Å²) < 4.78 is 47.2. The number of hydrogen-bond acceptors (Lipinski definition) is 4. The molecular weight excluding hydrogens is 475 g/mol. The predicted molar refractivity (Wildman–Crippen MR) is 129 cm³/mol. The Kier molecular flexibility index (Phi) is 8.45. The van der Waals surface area contributed by atoms with Gasteiger partial charge in [0.25, 0.3) is 5.91 Å². The van der Waals surface area contributed by atoms with Gasteiger partial charge in [0.1, 0.15) is 23.6 Å². The quantitative estimate of drug-likeness (QED) is 0.313. The standard InChI is InChI=1S/C27H28F3NO5/c1-3-5-16-26(4-2,25(33)34)31-24(32)22-15-12-19-8-6-7-9-21(19)23(22)35-17-18-10-13-20(14-11-18)36-27(28,29)30/h6-15H,3-5,16-17H2,1-2H3,(H,31,32)(H,33,34). The van der Waals surface area contributed by atoms with Gasteiger partial charge in [0.05, 0.1) is 5.56 Å². The largest absolute Gasteiger partial charge is 0.573 e. The zero-order valence-electron chi connectivity index (χ0n) is 20.0. The van der Waals surface area contributed by atoms with Crippen LogP contribution in [0.1, 0.15) is 55.5 Å². The molecule has 6 nitrogen and oxygen atoms in total. The van der Waals surface area contributed by atoms with Crippen molar-refractivity contribution >= 4 is 22.6 Å². The summed E-state index contributed by atoms with van der Waals surface area (Å²) in [6, 6.07) is 15.8. The van der Waals surface area contributed by atoms with Crippen LogP contribution in [-0.4, -0.2) is 28.9 Å². The first kappa shape index (κ1) is 26.8. The fraction of sp³-hybridized carbons (Fsp3) is 0.333. The highest BCUT2D eigenvalue weighted by Gasteiger charge is 2.38. The Labute approximate surface area is 207 Å². The number of halogens is 3. The van der Waals surface area contributed by atoms with E-state index in [0.717, 1.165) is 11.8 Å². The second-order valence-corrected chi connectivity index (χ2v) is 8.44. The van der Waals surface area contributed by atoms with Crippen LogP contribution in [0.3, 0.4) is 0 Å². The van der Waals surface area contributed by atoms with E-state index in [2.05, 4.69) is 10.1 Å². The molecule has 0 fully saturated rings. The Bertz CT molecular complexity index is 1210. The molecule has 1 amide bonds. The Hall–Kier alpha value is -3.75. The van der Waals surface area contributed by atoms with Crippen LogP contribution in [0.2, 0.25) is 0 Å². The SMILES string of the molecule is CCCCC(CC)(NC(=O)c1ccc2ccccc2c1OCc1ccc(OC(F)(F)F)cc1)C(=O)O. The molecule has 3 aromatic rings. The molecule has 3 aromatic carbocycles. The van der Waals surface area contributed by atoms with Crippen LogP contribution in [0.4, 0.5) is 13.2 Å². The number of rotatable bonds is 11. The fourth-order valence-electron chi connectivity index (χ4n) is 3.92. The molecule has 0 aliphatic rings. The average molecular weight is 504 g/mol. The summed E-state index contributed by atoms with van der Waals surface area (Å²) in [5.74, 6) is -1.78. The van der Waals surface area contributed by atoms with E-state index in [-0.39, 0.29) is 36.5 Å². The van der Waals surface area contributed by atoms with Crippen molar-refractivity contribution in [1.29, 1.82) is 0 Å². The van der Waals surface area contributed by atoms with Gasteiger partial charge in [-0.05, 0) is 42.0 Å². The van der Waals surface area contributed by atoms with E-state index < -0.39 is 23.8 Å². The molecule has 3 rings (SSSR count). The van der Waals surface area contributed by atoms with E-state index in [1.807, 2.05) is 19.1 Å². The lowest BCUT2D eigenvalue weighted by molar-refractivity contribution is -0.274. The molecule has 0 heterocycles. The van der Waals surface area contributed by atoms with Gasteiger partial charge in [-0.3, -0.25) is 4.79 Å². The number of carbonyl (C=O) groups excluding carboxylic acids is 1. The number of nitrogens with one attached hydrogen (secondary N) is 1. The molecule has 0 bridgehead atoms. The lowest BCUT2D eigenvalue weighted by Crippen LogP contribution is -2.54. The van der Waals surface area contributed by atoms with Crippen LogP contribution in [0.5, 0.6) is 11.5 Å². The fourth-order valence-corrected chi connectivity index (χ4v) is 3.92. The second kappa shape index (κ2) is 11.3. The van der Waals surface area contributed by atoms with Crippen molar-refractivity contribution in [1.82, 2.24) is 5.32 Å². The van der Waals surface area contributed by atoms with Crippen molar-refractivity contribution in [2.24, 2.45) is 0 Å². The number of hydrogen-bond donors (Lipinski definition) is 2. The number of ether oxygens (including phenoxy) is 2. The van der Waals surface area contributed by atoms with Crippen molar-refractivity contribution in [3.8, 4) is 11.5 Å². The molecule has 192 valence electrons. The highest BCUT2D eigenvalue weighted by molar-refractivity contribution is 6.05. The number of carboxylic acids is 1. The van der Waals surface area contributed by atoms with E-state index in [0.29, 0.717) is 17.4 Å². The minimum atomic E-state index is -4.79. The van der Waals surface area contributed by atoms with E-state index >= 15 is 0 Å². The molecule has 9 heteroatoms. The third-order valence-electron chi connectivity index (χ3n) is 5.99. The van der Waals surface area contributed by atoms with E-state index in [9.17, 15) is 27.9 Å². The van der Waals surface area contributed by atoms with E-state index in [1.165, 1.54) is 24.3 Å². The summed E-state index contributed by atoms with van der Waals surface area (Å²) in [4.78, 5) is 25.5. The first-order valence-corrected chi connectivity index (χ1v) is 11.6. The third kappa shape index (κ3) is 6.47. The summed E-state index contributed by atoms with van der Waals surface area (Å²) >= 11 is 0. The molecule has 0 aliphatic heterocycles. The number of benzene rings is 3. The van der Waals surface area contributed by atoms with Gasteiger partial charge in [-0.25, -0.2) is 4.79 Å². The van der Waals surface area contributed by atoms with Gasteiger partial charge < -0.3 is 19.9 Å². The summed E-state index contributed by atoms with van der Waals surface area (Å²) in [5.41, 5.74) is -0.689. The number of carbonyl (C=O) groups is 2. The van der Waals surface area contributed by atoms with Crippen LogP contribution in [0.25, 0.3) is 10.8 Å². The minimum Gasteiger partial charge on any atom is -0.487 e. The van der Waals surface area contributed by atoms with Gasteiger partial charge in [-0.1, -0.05) is 69.2 Å². The maximum atomic E-state index is 13.4. The van der Waals surface area contributed by atoms with Crippen LogP contribution >= 0.6 is 0 Å². The zero-order chi connectivity index (χ0) is 26.3. The van der Waals surface area contributed by atoms with Gasteiger partial charge >= 0.3 is 12.3 Å². The first-order chi connectivity index (χ1) is 17.1. The number of amides is 1.